The third kappa shape index (κ3) is 3.66. The molecule has 0 atom stereocenters. The minimum atomic E-state index is -0.199. The fourth-order valence-electron chi connectivity index (χ4n) is 1.93. The van der Waals surface area contributed by atoms with Gasteiger partial charge in [0, 0.05) is 11.1 Å². The molecule has 0 radical (unpaired) electrons. The predicted octanol–water partition coefficient (Wildman–Crippen LogP) is 3.79. The Kier molecular flexibility index (Phi) is 4.67. The predicted molar refractivity (Wildman–Crippen MR) is 82.8 cm³/mol. The summed E-state index contributed by atoms with van der Waals surface area (Å²) < 4.78 is 5.03. The molecular formula is C18H16O3. The van der Waals surface area contributed by atoms with Crippen LogP contribution in [0.4, 0.5) is 0 Å². The first kappa shape index (κ1) is 14.7. The number of rotatable bonds is 6. The van der Waals surface area contributed by atoms with Crippen LogP contribution in [-0.2, 0) is 0 Å². The zero-order valence-electron chi connectivity index (χ0n) is 11.8. The van der Waals surface area contributed by atoms with Gasteiger partial charge in [0.2, 0.25) is 0 Å². The monoisotopic (exact) mass is 280 g/mol. The molecule has 3 heteroatoms. The van der Waals surface area contributed by atoms with Crippen LogP contribution >= 0.6 is 0 Å². The molecule has 0 spiro atoms. The van der Waals surface area contributed by atoms with Gasteiger partial charge in [-0.15, -0.1) is 0 Å². The number of methoxy groups -OCH3 is 1. The minimum Gasteiger partial charge on any atom is -0.497 e. The molecule has 0 saturated carbocycles. The number of carbonyl (C=O) groups excluding carboxylic acids is 2. The van der Waals surface area contributed by atoms with Crippen molar-refractivity contribution in [1.29, 1.82) is 0 Å². The molecule has 0 bridgehead atoms. The Morgan fingerprint density at radius 1 is 0.952 bits per heavy atom. The molecule has 3 nitrogen and oxygen atoms in total. The van der Waals surface area contributed by atoms with Gasteiger partial charge in [-0.05, 0) is 29.8 Å². The molecule has 0 heterocycles. The van der Waals surface area contributed by atoms with E-state index in [2.05, 4.69) is 6.58 Å². The second-order valence-corrected chi connectivity index (χ2v) is 4.58. The number of carbonyl (C=O) groups is 2. The van der Waals surface area contributed by atoms with E-state index in [-0.39, 0.29) is 18.0 Å². The van der Waals surface area contributed by atoms with Crippen LogP contribution in [0.2, 0.25) is 0 Å². The highest BCUT2D eigenvalue weighted by Crippen LogP contribution is 2.14. The first-order valence-corrected chi connectivity index (χ1v) is 6.57. The average Bonchev–Trinajstić information content (AvgIpc) is 2.55. The largest absolute Gasteiger partial charge is 0.497 e. The normalized spacial score (nSPS) is 9.95. The summed E-state index contributed by atoms with van der Waals surface area (Å²) in [4.78, 5) is 24.2. The summed E-state index contributed by atoms with van der Waals surface area (Å²) in [6.07, 6.45) is 1.57. The van der Waals surface area contributed by atoms with Gasteiger partial charge in [-0.25, -0.2) is 0 Å². The summed E-state index contributed by atoms with van der Waals surface area (Å²) >= 11 is 0. The Labute approximate surface area is 123 Å². The Morgan fingerprint density at radius 2 is 1.43 bits per heavy atom. The zero-order chi connectivity index (χ0) is 15.2. The van der Waals surface area contributed by atoms with Gasteiger partial charge in [0.1, 0.15) is 5.75 Å². The molecule has 0 unspecified atom stereocenters. The van der Waals surface area contributed by atoms with Crippen molar-refractivity contribution in [2.75, 3.05) is 7.11 Å². The van der Waals surface area contributed by atoms with Gasteiger partial charge >= 0.3 is 0 Å². The topological polar surface area (TPSA) is 43.4 Å². The number of Topliss-reactive ketones (excluding diaryl/α,β-unsaturated/α-hetero) is 2. The highest BCUT2D eigenvalue weighted by atomic mass is 16.5. The van der Waals surface area contributed by atoms with E-state index in [9.17, 15) is 9.59 Å². The van der Waals surface area contributed by atoms with E-state index in [1.165, 1.54) is 0 Å². The third-order valence-corrected chi connectivity index (χ3v) is 3.20. The second kappa shape index (κ2) is 6.66. The SMILES string of the molecule is C=Cc1ccc(C(=O)CC(=O)c2ccc(OC)cc2)cc1. The summed E-state index contributed by atoms with van der Waals surface area (Å²) in [7, 11) is 1.56. The van der Waals surface area contributed by atoms with Crippen molar-refractivity contribution in [3.63, 3.8) is 0 Å². The maximum atomic E-state index is 12.1. The van der Waals surface area contributed by atoms with Gasteiger partial charge in [-0.1, -0.05) is 36.9 Å². The van der Waals surface area contributed by atoms with E-state index in [4.69, 9.17) is 4.74 Å². The van der Waals surface area contributed by atoms with E-state index in [1.807, 2.05) is 0 Å². The highest BCUT2D eigenvalue weighted by molar-refractivity contribution is 6.13. The van der Waals surface area contributed by atoms with Crippen LogP contribution in [0.5, 0.6) is 5.75 Å². The fraction of sp³-hybridized carbons (Fsp3) is 0.111. The molecule has 0 aliphatic rings. The van der Waals surface area contributed by atoms with E-state index < -0.39 is 0 Å². The lowest BCUT2D eigenvalue weighted by atomic mass is 10.0. The Hall–Kier alpha value is -2.68. The van der Waals surface area contributed by atoms with Crippen LogP contribution in [0, 0.1) is 0 Å². The molecule has 0 fully saturated rings. The second-order valence-electron chi connectivity index (χ2n) is 4.58. The van der Waals surface area contributed by atoms with Crippen molar-refractivity contribution in [1.82, 2.24) is 0 Å². The Balaban J connectivity index is 2.06. The number of ketones is 2. The summed E-state index contributed by atoms with van der Waals surface area (Å²) in [6, 6.07) is 13.8. The maximum Gasteiger partial charge on any atom is 0.170 e. The van der Waals surface area contributed by atoms with E-state index >= 15 is 0 Å². The first-order valence-electron chi connectivity index (χ1n) is 6.57. The Morgan fingerprint density at radius 3 is 1.86 bits per heavy atom. The molecule has 21 heavy (non-hydrogen) atoms. The van der Waals surface area contributed by atoms with Crippen LogP contribution in [0.3, 0.4) is 0 Å². The molecule has 2 aromatic carbocycles. The van der Waals surface area contributed by atoms with E-state index in [0.717, 1.165) is 5.56 Å². The van der Waals surface area contributed by atoms with Gasteiger partial charge in [0.15, 0.2) is 11.6 Å². The van der Waals surface area contributed by atoms with Crippen molar-refractivity contribution < 1.29 is 14.3 Å². The highest BCUT2D eigenvalue weighted by Gasteiger charge is 2.13. The molecular weight excluding hydrogens is 264 g/mol. The summed E-state index contributed by atoms with van der Waals surface area (Å²) in [5.74, 6) is 0.291. The van der Waals surface area contributed by atoms with Gasteiger partial charge in [0.05, 0.1) is 13.5 Å². The lowest BCUT2D eigenvalue weighted by Crippen LogP contribution is -2.08. The maximum absolute atomic E-state index is 12.1. The molecule has 106 valence electrons. The number of ether oxygens (including phenoxy) is 1. The van der Waals surface area contributed by atoms with E-state index in [1.54, 1.807) is 61.7 Å². The lowest BCUT2D eigenvalue weighted by Gasteiger charge is -2.03. The first-order chi connectivity index (χ1) is 10.1. The molecule has 2 rings (SSSR count). The number of benzene rings is 2. The molecule has 0 aromatic heterocycles. The third-order valence-electron chi connectivity index (χ3n) is 3.20. The smallest absolute Gasteiger partial charge is 0.170 e. The van der Waals surface area contributed by atoms with Crippen molar-refractivity contribution in [3.05, 3.63) is 71.8 Å². The van der Waals surface area contributed by atoms with Crippen LogP contribution in [0.25, 0.3) is 6.08 Å². The Bertz CT molecular complexity index is 652. The van der Waals surface area contributed by atoms with Crippen molar-refractivity contribution in [2.24, 2.45) is 0 Å². The van der Waals surface area contributed by atoms with Crippen LogP contribution in [0.15, 0.2) is 55.1 Å². The molecule has 0 N–H and O–H groups in total. The minimum absolute atomic E-state index is 0.139. The summed E-state index contributed by atoms with van der Waals surface area (Å²) in [5.41, 5.74) is 1.97. The zero-order valence-corrected chi connectivity index (χ0v) is 11.8. The van der Waals surface area contributed by atoms with Gasteiger partial charge in [-0.3, -0.25) is 9.59 Å². The average molecular weight is 280 g/mol. The van der Waals surface area contributed by atoms with Crippen molar-refractivity contribution in [2.45, 2.75) is 6.42 Å². The molecule has 0 amide bonds. The molecule has 0 aliphatic carbocycles. The van der Waals surface area contributed by atoms with Gasteiger partial charge in [0.25, 0.3) is 0 Å². The standard InChI is InChI=1S/C18H16O3/c1-3-13-4-6-14(7-5-13)17(19)12-18(20)15-8-10-16(21-2)11-9-15/h3-11H,1,12H2,2H3. The molecule has 0 aliphatic heterocycles. The number of hydrogen-bond acceptors (Lipinski definition) is 3. The quantitative estimate of drug-likeness (QED) is 0.597. The van der Waals surface area contributed by atoms with E-state index in [0.29, 0.717) is 16.9 Å². The summed E-state index contributed by atoms with van der Waals surface area (Å²) in [5, 5.41) is 0. The van der Waals surface area contributed by atoms with Gasteiger partial charge < -0.3 is 4.74 Å². The lowest BCUT2D eigenvalue weighted by molar-refractivity contribution is 0.0894. The molecule has 2 aromatic rings. The molecule has 0 saturated heterocycles. The van der Waals surface area contributed by atoms with Gasteiger partial charge in [-0.2, -0.15) is 0 Å². The van der Waals surface area contributed by atoms with Crippen LogP contribution < -0.4 is 4.74 Å². The van der Waals surface area contributed by atoms with Crippen molar-refractivity contribution in [3.8, 4) is 5.75 Å². The van der Waals surface area contributed by atoms with Crippen molar-refractivity contribution >= 4 is 17.6 Å². The fourth-order valence-corrected chi connectivity index (χ4v) is 1.93. The van der Waals surface area contributed by atoms with Crippen LogP contribution in [-0.4, -0.2) is 18.7 Å². The van der Waals surface area contributed by atoms with Crippen LogP contribution in [0.1, 0.15) is 32.7 Å². The summed E-state index contributed by atoms with van der Waals surface area (Å²) in [6.45, 7) is 3.66. The number of hydrogen-bond donors (Lipinski definition) is 0.